The van der Waals surface area contributed by atoms with Crippen LogP contribution in [-0.4, -0.2) is 30.9 Å². The van der Waals surface area contributed by atoms with Gasteiger partial charge in [0.1, 0.15) is 6.04 Å². The van der Waals surface area contributed by atoms with Gasteiger partial charge < -0.3 is 15.5 Å². The van der Waals surface area contributed by atoms with Crippen molar-refractivity contribution < 1.29 is 9.59 Å². The van der Waals surface area contributed by atoms with E-state index in [2.05, 4.69) is 10.6 Å². The molecule has 0 radical (unpaired) electrons. The number of anilines is 1. The monoisotopic (exact) mass is 295 g/mol. The van der Waals surface area contributed by atoms with Crippen LogP contribution in [0.4, 0.5) is 5.69 Å². The Morgan fingerprint density at radius 1 is 1.30 bits per heavy atom. The van der Waals surface area contributed by atoms with Crippen molar-refractivity contribution in [2.75, 3.05) is 18.0 Å². The highest BCUT2D eigenvalue weighted by molar-refractivity contribution is 6.01. The maximum absolute atomic E-state index is 12.5. The molecule has 20 heavy (non-hydrogen) atoms. The Morgan fingerprint density at radius 3 is 2.85 bits per heavy atom. The van der Waals surface area contributed by atoms with Crippen molar-refractivity contribution in [3.8, 4) is 0 Å². The van der Waals surface area contributed by atoms with E-state index >= 15 is 0 Å². The molecule has 108 valence electrons. The van der Waals surface area contributed by atoms with Crippen LogP contribution in [0.5, 0.6) is 0 Å². The summed E-state index contributed by atoms with van der Waals surface area (Å²) in [6, 6.07) is 7.56. The Balaban J connectivity index is 0.00000147. The van der Waals surface area contributed by atoms with E-state index in [0.29, 0.717) is 19.4 Å². The third-order valence-electron chi connectivity index (χ3n) is 3.67. The molecule has 0 saturated carbocycles. The number of carbonyl (C=O) groups excluding carboxylic acids is 2. The summed E-state index contributed by atoms with van der Waals surface area (Å²) in [6.45, 7) is 2.18. The molecule has 1 fully saturated rings. The van der Waals surface area contributed by atoms with Gasteiger partial charge >= 0.3 is 0 Å². The Hall–Kier alpha value is -1.59. The van der Waals surface area contributed by atoms with Gasteiger partial charge in [-0.15, -0.1) is 12.4 Å². The molecule has 1 aromatic rings. The standard InChI is InChI=1S/C14H17N3O2.ClH/c18-13-6-5-11(16-13)14(19)17-8-7-15-9-10-3-1-2-4-12(10)17;/h1-4,11,15H,5-9H2,(H,16,18);1H/t11-;/m0./s1. The lowest BCUT2D eigenvalue weighted by Gasteiger charge is -2.25. The Kier molecular flexibility index (Phi) is 4.62. The van der Waals surface area contributed by atoms with E-state index in [1.54, 1.807) is 4.90 Å². The summed E-state index contributed by atoms with van der Waals surface area (Å²) in [7, 11) is 0. The molecular formula is C14H18ClN3O2. The number of hydrogen-bond donors (Lipinski definition) is 2. The van der Waals surface area contributed by atoms with E-state index in [-0.39, 0.29) is 30.3 Å². The van der Waals surface area contributed by atoms with E-state index in [0.717, 1.165) is 24.3 Å². The quantitative estimate of drug-likeness (QED) is 0.806. The van der Waals surface area contributed by atoms with Crippen molar-refractivity contribution >= 4 is 29.9 Å². The lowest BCUT2D eigenvalue weighted by atomic mass is 10.1. The normalized spacial score (nSPS) is 21.5. The Bertz CT molecular complexity index is 521. The maximum Gasteiger partial charge on any atom is 0.249 e. The van der Waals surface area contributed by atoms with Crippen LogP contribution in [-0.2, 0) is 16.1 Å². The average Bonchev–Trinajstić information content (AvgIpc) is 2.74. The molecule has 2 amide bonds. The van der Waals surface area contributed by atoms with Crippen LogP contribution >= 0.6 is 12.4 Å². The highest BCUT2D eigenvalue weighted by atomic mass is 35.5. The second kappa shape index (κ2) is 6.24. The zero-order valence-electron chi connectivity index (χ0n) is 11.1. The van der Waals surface area contributed by atoms with Crippen molar-refractivity contribution in [1.82, 2.24) is 10.6 Å². The summed E-state index contributed by atoms with van der Waals surface area (Å²) >= 11 is 0. The number of hydrogen-bond acceptors (Lipinski definition) is 3. The average molecular weight is 296 g/mol. The van der Waals surface area contributed by atoms with E-state index in [1.807, 2.05) is 24.3 Å². The largest absolute Gasteiger partial charge is 0.344 e. The van der Waals surface area contributed by atoms with Crippen LogP contribution in [0.2, 0.25) is 0 Å². The number of nitrogens with zero attached hydrogens (tertiary/aromatic N) is 1. The smallest absolute Gasteiger partial charge is 0.249 e. The predicted molar refractivity (Wildman–Crippen MR) is 78.9 cm³/mol. The van der Waals surface area contributed by atoms with Gasteiger partial charge in [0.15, 0.2) is 0 Å². The van der Waals surface area contributed by atoms with Gasteiger partial charge in [0.05, 0.1) is 0 Å². The number of para-hydroxylation sites is 1. The van der Waals surface area contributed by atoms with Crippen LogP contribution in [0.25, 0.3) is 0 Å². The highest BCUT2D eigenvalue weighted by Gasteiger charge is 2.32. The molecule has 1 saturated heterocycles. The lowest BCUT2D eigenvalue weighted by molar-refractivity contribution is -0.124. The van der Waals surface area contributed by atoms with Crippen molar-refractivity contribution in [3.05, 3.63) is 29.8 Å². The zero-order chi connectivity index (χ0) is 13.2. The molecule has 2 aliphatic rings. The highest BCUT2D eigenvalue weighted by Crippen LogP contribution is 2.24. The lowest BCUT2D eigenvalue weighted by Crippen LogP contribution is -2.46. The molecule has 0 aromatic heterocycles. The first-order valence-corrected chi connectivity index (χ1v) is 6.65. The molecule has 0 aliphatic carbocycles. The maximum atomic E-state index is 12.5. The van der Waals surface area contributed by atoms with Gasteiger partial charge in [-0.2, -0.15) is 0 Å². The Labute approximate surface area is 124 Å². The molecule has 0 bridgehead atoms. The summed E-state index contributed by atoms with van der Waals surface area (Å²) in [5.74, 6) is -0.0263. The van der Waals surface area contributed by atoms with Crippen molar-refractivity contribution in [2.45, 2.75) is 25.4 Å². The first-order chi connectivity index (χ1) is 9.25. The fourth-order valence-corrected chi connectivity index (χ4v) is 2.67. The number of rotatable bonds is 1. The minimum absolute atomic E-state index is 0. The first-order valence-electron chi connectivity index (χ1n) is 6.65. The van der Waals surface area contributed by atoms with E-state index in [4.69, 9.17) is 0 Å². The summed E-state index contributed by atoms with van der Waals surface area (Å²) in [5, 5.41) is 6.06. The van der Waals surface area contributed by atoms with Gasteiger partial charge in [-0.3, -0.25) is 9.59 Å². The van der Waals surface area contributed by atoms with E-state index < -0.39 is 0 Å². The topological polar surface area (TPSA) is 61.4 Å². The van der Waals surface area contributed by atoms with Crippen LogP contribution in [0.3, 0.4) is 0 Å². The van der Waals surface area contributed by atoms with Crippen LogP contribution in [0.1, 0.15) is 18.4 Å². The van der Waals surface area contributed by atoms with E-state index in [1.165, 1.54) is 0 Å². The molecule has 6 heteroatoms. The van der Waals surface area contributed by atoms with Gasteiger partial charge in [-0.1, -0.05) is 18.2 Å². The number of nitrogens with one attached hydrogen (secondary N) is 2. The fourth-order valence-electron chi connectivity index (χ4n) is 2.67. The molecule has 3 rings (SSSR count). The summed E-state index contributed by atoms with van der Waals surface area (Å²) in [4.78, 5) is 25.6. The van der Waals surface area contributed by atoms with E-state index in [9.17, 15) is 9.59 Å². The Morgan fingerprint density at radius 2 is 2.10 bits per heavy atom. The minimum atomic E-state index is -0.362. The number of amides is 2. The minimum Gasteiger partial charge on any atom is -0.344 e. The van der Waals surface area contributed by atoms with Crippen molar-refractivity contribution in [2.24, 2.45) is 0 Å². The zero-order valence-corrected chi connectivity index (χ0v) is 11.9. The van der Waals surface area contributed by atoms with Crippen molar-refractivity contribution in [3.63, 3.8) is 0 Å². The molecule has 2 heterocycles. The van der Waals surface area contributed by atoms with Crippen LogP contribution in [0, 0.1) is 0 Å². The summed E-state index contributed by atoms with van der Waals surface area (Å²) in [6.07, 6.45) is 1.05. The third-order valence-corrected chi connectivity index (χ3v) is 3.67. The van der Waals surface area contributed by atoms with Crippen molar-refractivity contribution in [1.29, 1.82) is 0 Å². The van der Waals surface area contributed by atoms with Gasteiger partial charge in [-0.05, 0) is 18.1 Å². The predicted octanol–water partition coefficient (Wildman–Crippen LogP) is 0.823. The summed E-state index contributed by atoms with van der Waals surface area (Å²) in [5.41, 5.74) is 2.08. The molecule has 0 unspecified atom stereocenters. The van der Waals surface area contributed by atoms with Crippen LogP contribution in [0.15, 0.2) is 24.3 Å². The molecular weight excluding hydrogens is 278 g/mol. The summed E-state index contributed by atoms with van der Waals surface area (Å²) < 4.78 is 0. The molecule has 5 nitrogen and oxygen atoms in total. The second-order valence-corrected chi connectivity index (χ2v) is 4.95. The molecule has 0 spiro atoms. The first kappa shape index (κ1) is 14.8. The number of benzene rings is 1. The second-order valence-electron chi connectivity index (χ2n) is 4.95. The van der Waals surface area contributed by atoms with Gasteiger partial charge in [0.25, 0.3) is 0 Å². The molecule has 1 atom stereocenters. The van der Waals surface area contributed by atoms with Gasteiger partial charge in [0.2, 0.25) is 11.8 Å². The molecule has 1 aromatic carbocycles. The van der Waals surface area contributed by atoms with Gasteiger partial charge in [0, 0.05) is 31.7 Å². The van der Waals surface area contributed by atoms with Crippen LogP contribution < -0.4 is 15.5 Å². The fraction of sp³-hybridized carbons (Fsp3) is 0.429. The SMILES string of the molecule is Cl.O=C1CC[C@@H](C(=O)N2CCNCc3ccccc32)N1. The number of fused-ring (bicyclic) bond motifs is 1. The molecule has 2 aliphatic heterocycles. The molecule has 2 N–H and O–H groups in total. The third kappa shape index (κ3) is 2.78. The number of halogens is 1. The van der Waals surface area contributed by atoms with Gasteiger partial charge in [-0.25, -0.2) is 0 Å². The number of carbonyl (C=O) groups is 2.